The molecule has 1 amide bonds. The molecule has 0 unspecified atom stereocenters. The summed E-state index contributed by atoms with van der Waals surface area (Å²) in [6.45, 7) is 4.86. The fraction of sp³-hybridized carbons (Fsp3) is 0.364. The SMILES string of the molecule is CC(C)(C)OC(=O)Nc1ccc(F)c(F)c1F. The topological polar surface area (TPSA) is 38.3 Å². The number of ether oxygens (including phenoxy) is 1. The Morgan fingerprint density at radius 3 is 2.29 bits per heavy atom. The highest BCUT2D eigenvalue weighted by molar-refractivity contribution is 5.85. The van der Waals surface area contributed by atoms with Crippen molar-refractivity contribution in [1.82, 2.24) is 0 Å². The molecule has 0 radical (unpaired) electrons. The van der Waals surface area contributed by atoms with Crippen LogP contribution >= 0.6 is 0 Å². The van der Waals surface area contributed by atoms with E-state index in [9.17, 15) is 18.0 Å². The van der Waals surface area contributed by atoms with Crippen LogP contribution in [0.5, 0.6) is 0 Å². The summed E-state index contributed by atoms with van der Waals surface area (Å²) < 4.78 is 43.5. The molecule has 0 aliphatic rings. The van der Waals surface area contributed by atoms with E-state index in [2.05, 4.69) is 0 Å². The van der Waals surface area contributed by atoms with Crippen LogP contribution < -0.4 is 5.32 Å². The smallest absolute Gasteiger partial charge is 0.412 e. The molecular weight excluding hydrogens is 235 g/mol. The summed E-state index contributed by atoms with van der Waals surface area (Å²) in [5, 5.41) is 1.99. The molecule has 1 N–H and O–H groups in total. The summed E-state index contributed by atoms with van der Waals surface area (Å²) in [6, 6.07) is 1.63. The summed E-state index contributed by atoms with van der Waals surface area (Å²) >= 11 is 0. The number of amides is 1. The molecule has 94 valence electrons. The zero-order valence-corrected chi connectivity index (χ0v) is 9.61. The van der Waals surface area contributed by atoms with Gasteiger partial charge in [-0.05, 0) is 32.9 Å². The highest BCUT2D eigenvalue weighted by atomic mass is 19.2. The monoisotopic (exact) mass is 247 g/mol. The fourth-order valence-corrected chi connectivity index (χ4v) is 1.04. The molecule has 0 bridgehead atoms. The third kappa shape index (κ3) is 3.65. The average Bonchev–Trinajstić information content (AvgIpc) is 2.16. The van der Waals surface area contributed by atoms with Crippen molar-refractivity contribution in [2.75, 3.05) is 5.32 Å². The third-order valence-corrected chi connectivity index (χ3v) is 1.67. The lowest BCUT2D eigenvalue weighted by atomic mass is 10.2. The highest BCUT2D eigenvalue weighted by Gasteiger charge is 2.19. The number of anilines is 1. The lowest BCUT2D eigenvalue weighted by Gasteiger charge is -2.19. The molecule has 0 aliphatic heterocycles. The summed E-state index contributed by atoms with van der Waals surface area (Å²) in [5.41, 5.74) is -1.24. The summed E-state index contributed by atoms with van der Waals surface area (Å²) in [7, 11) is 0. The molecule has 17 heavy (non-hydrogen) atoms. The standard InChI is InChI=1S/C11H12F3NO2/c1-11(2,3)17-10(16)15-7-5-4-6(12)8(13)9(7)14/h4-5H,1-3H3,(H,15,16). The molecule has 1 aromatic carbocycles. The zero-order chi connectivity index (χ0) is 13.2. The van der Waals surface area contributed by atoms with Crippen LogP contribution in [0.25, 0.3) is 0 Å². The first-order chi connectivity index (χ1) is 7.70. The van der Waals surface area contributed by atoms with E-state index in [4.69, 9.17) is 4.74 Å². The average molecular weight is 247 g/mol. The van der Waals surface area contributed by atoms with Crippen molar-refractivity contribution in [3.8, 4) is 0 Å². The van der Waals surface area contributed by atoms with Crippen molar-refractivity contribution in [2.45, 2.75) is 26.4 Å². The van der Waals surface area contributed by atoms with Crippen LogP contribution in [0, 0.1) is 17.5 Å². The molecule has 3 nitrogen and oxygen atoms in total. The lowest BCUT2D eigenvalue weighted by molar-refractivity contribution is 0.0635. The van der Waals surface area contributed by atoms with Gasteiger partial charge < -0.3 is 4.74 Å². The van der Waals surface area contributed by atoms with Crippen LogP contribution in [-0.4, -0.2) is 11.7 Å². The normalized spacial score (nSPS) is 11.2. The maximum absolute atomic E-state index is 13.2. The van der Waals surface area contributed by atoms with E-state index in [0.29, 0.717) is 6.07 Å². The zero-order valence-electron chi connectivity index (χ0n) is 9.61. The number of rotatable bonds is 1. The van der Waals surface area contributed by atoms with Crippen LogP contribution in [0.3, 0.4) is 0 Å². The first-order valence-electron chi connectivity index (χ1n) is 4.84. The first kappa shape index (κ1) is 13.3. The van der Waals surface area contributed by atoms with Crippen molar-refractivity contribution >= 4 is 11.8 Å². The highest BCUT2D eigenvalue weighted by Crippen LogP contribution is 2.20. The van der Waals surface area contributed by atoms with Crippen molar-refractivity contribution < 1.29 is 22.7 Å². The number of hydrogen-bond acceptors (Lipinski definition) is 2. The molecular formula is C11H12F3NO2. The molecule has 0 saturated carbocycles. The minimum atomic E-state index is -1.64. The molecule has 0 atom stereocenters. The number of hydrogen-bond donors (Lipinski definition) is 1. The summed E-state index contributed by atoms with van der Waals surface area (Å²) in [4.78, 5) is 11.3. The third-order valence-electron chi connectivity index (χ3n) is 1.67. The van der Waals surface area contributed by atoms with E-state index in [0.717, 1.165) is 6.07 Å². The van der Waals surface area contributed by atoms with Gasteiger partial charge in [-0.2, -0.15) is 0 Å². The van der Waals surface area contributed by atoms with Crippen LogP contribution in [0.1, 0.15) is 20.8 Å². The molecule has 0 saturated heterocycles. The second-order valence-corrected chi connectivity index (χ2v) is 4.35. The quantitative estimate of drug-likeness (QED) is 0.772. The molecule has 0 fully saturated rings. The van der Waals surface area contributed by atoms with Gasteiger partial charge in [0.1, 0.15) is 5.60 Å². The molecule has 1 rings (SSSR count). The molecule has 0 heterocycles. The molecule has 0 aliphatic carbocycles. The largest absolute Gasteiger partial charge is 0.444 e. The molecule has 6 heteroatoms. The Labute approximate surface area is 96.6 Å². The van der Waals surface area contributed by atoms with Gasteiger partial charge in [0.2, 0.25) is 0 Å². The number of carbonyl (C=O) groups excluding carboxylic acids is 1. The van der Waals surface area contributed by atoms with Crippen LogP contribution in [-0.2, 0) is 4.74 Å². The second kappa shape index (κ2) is 4.65. The van der Waals surface area contributed by atoms with E-state index in [1.165, 1.54) is 0 Å². The number of carbonyl (C=O) groups is 1. The Morgan fingerprint density at radius 1 is 1.18 bits per heavy atom. The van der Waals surface area contributed by atoms with Gasteiger partial charge in [0.25, 0.3) is 0 Å². The summed E-state index contributed by atoms with van der Waals surface area (Å²) in [5.74, 6) is -4.42. The van der Waals surface area contributed by atoms with Crippen molar-refractivity contribution in [2.24, 2.45) is 0 Å². The first-order valence-corrected chi connectivity index (χ1v) is 4.84. The predicted octanol–water partition coefficient (Wildman–Crippen LogP) is 3.45. The molecule has 0 aromatic heterocycles. The Morgan fingerprint density at radius 2 is 1.76 bits per heavy atom. The molecule has 1 aromatic rings. The van der Waals surface area contributed by atoms with Gasteiger partial charge in [-0.3, -0.25) is 5.32 Å². The van der Waals surface area contributed by atoms with Crippen LogP contribution in [0.4, 0.5) is 23.7 Å². The van der Waals surface area contributed by atoms with Crippen molar-refractivity contribution in [3.63, 3.8) is 0 Å². The van der Waals surface area contributed by atoms with Gasteiger partial charge in [0.15, 0.2) is 17.5 Å². The Bertz CT molecular complexity index is 441. The van der Waals surface area contributed by atoms with E-state index in [1.807, 2.05) is 5.32 Å². The van der Waals surface area contributed by atoms with E-state index in [1.54, 1.807) is 20.8 Å². The maximum Gasteiger partial charge on any atom is 0.412 e. The maximum atomic E-state index is 13.2. The van der Waals surface area contributed by atoms with Gasteiger partial charge in [0.05, 0.1) is 5.69 Å². The van der Waals surface area contributed by atoms with Crippen molar-refractivity contribution in [3.05, 3.63) is 29.6 Å². The lowest BCUT2D eigenvalue weighted by Crippen LogP contribution is -2.27. The van der Waals surface area contributed by atoms with Crippen LogP contribution in [0.15, 0.2) is 12.1 Å². The fourth-order valence-electron chi connectivity index (χ4n) is 1.04. The number of benzene rings is 1. The van der Waals surface area contributed by atoms with Gasteiger partial charge in [-0.15, -0.1) is 0 Å². The number of halogens is 3. The van der Waals surface area contributed by atoms with Crippen LogP contribution in [0.2, 0.25) is 0 Å². The Kier molecular flexibility index (Phi) is 3.65. The minimum Gasteiger partial charge on any atom is -0.444 e. The second-order valence-electron chi connectivity index (χ2n) is 4.35. The van der Waals surface area contributed by atoms with Crippen molar-refractivity contribution in [1.29, 1.82) is 0 Å². The Balaban J connectivity index is 2.83. The van der Waals surface area contributed by atoms with Gasteiger partial charge >= 0.3 is 6.09 Å². The summed E-state index contributed by atoms with van der Waals surface area (Å²) in [6.07, 6.45) is -0.942. The van der Waals surface area contributed by atoms with E-state index in [-0.39, 0.29) is 0 Å². The van der Waals surface area contributed by atoms with Gasteiger partial charge in [-0.1, -0.05) is 0 Å². The Hall–Kier alpha value is -1.72. The van der Waals surface area contributed by atoms with E-state index < -0.39 is 34.8 Å². The van der Waals surface area contributed by atoms with Gasteiger partial charge in [-0.25, -0.2) is 18.0 Å². The minimum absolute atomic E-state index is 0.474. The molecule has 0 spiro atoms. The van der Waals surface area contributed by atoms with Gasteiger partial charge in [0, 0.05) is 0 Å². The number of nitrogens with one attached hydrogen (secondary N) is 1. The predicted molar refractivity (Wildman–Crippen MR) is 56.2 cm³/mol. The van der Waals surface area contributed by atoms with E-state index >= 15 is 0 Å².